The summed E-state index contributed by atoms with van der Waals surface area (Å²) in [4.78, 5) is 11.8. The quantitative estimate of drug-likeness (QED) is 0.895. The van der Waals surface area contributed by atoms with Gasteiger partial charge in [0.05, 0.1) is 10.0 Å². The molecule has 0 saturated carbocycles. The first-order chi connectivity index (χ1) is 8.18. The highest BCUT2D eigenvalue weighted by Crippen LogP contribution is 2.18. The van der Waals surface area contributed by atoms with E-state index >= 15 is 0 Å². The Labute approximate surface area is 108 Å². The Balaban J connectivity index is 1.97. The number of benzene rings is 1. The van der Waals surface area contributed by atoms with Crippen molar-refractivity contribution < 1.29 is 9.18 Å². The lowest BCUT2D eigenvalue weighted by atomic mass is 10.1. The molecule has 3 nitrogen and oxygen atoms in total. The van der Waals surface area contributed by atoms with Crippen LogP contribution in [-0.4, -0.2) is 25.5 Å². The molecule has 1 atom stereocenters. The van der Waals surface area contributed by atoms with Crippen molar-refractivity contribution >= 4 is 21.8 Å². The van der Waals surface area contributed by atoms with Gasteiger partial charge in [0.15, 0.2) is 0 Å². The smallest absolute Gasteiger partial charge is 0.254 e. The zero-order valence-electron chi connectivity index (χ0n) is 9.30. The number of halogens is 2. The van der Waals surface area contributed by atoms with E-state index < -0.39 is 5.82 Å². The third kappa shape index (κ3) is 3.04. The van der Waals surface area contributed by atoms with E-state index in [-0.39, 0.29) is 11.5 Å². The Kier molecular flexibility index (Phi) is 4.12. The fourth-order valence-electron chi connectivity index (χ4n) is 1.90. The van der Waals surface area contributed by atoms with Crippen LogP contribution in [0.2, 0.25) is 0 Å². The summed E-state index contributed by atoms with van der Waals surface area (Å²) in [5.41, 5.74) is 0.0883. The number of carbonyl (C=O) groups excluding carboxylic acids is 1. The highest BCUT2D eigenvalue weighted by Gasteiger charge is 2.17. The first-order valence-corrected chi connectivity index (χ1v) is 6.40. The monoisotopic (exact) mass is 300 g/mol. The van der Waals surface area contributed by atoms with E-state index in [4.69, 9.17) is 0 Å². The second-order valence-corrected chi connectivity index (χ2v) is 5.02. The molecule has 1 fully saturated rings. The van der Waals surface area contributed by atoms with E-state index in [1.165, 1.54) is 6.07 Å². The van der Waals surface area contributed by atoms with Gasteiger partial charge in [-0.15, -0.1) is 0 Å². The second kappa shape index (κ2) is 5.60. The lowest BCUT2D eigenvalue weighted by Crippen LogP contribution is -2.30. The molecule has 1 unspecified atom stereocenters. The van der Waals surface area contributed by atoms with Gasteiger partial charge < -0.3 is 10.6 Å². The molecule has 0 radical (unpaired) electrons. The third-order valence-corrected chi connectivity index (χ3v) is 3.52. The van der Waals surface area contributed by atoms with Crippen LogP contribution in [-0.2, 0) is 0 Å². The molecule has 1 aliphatic heterocycles. The summed E-state index contributed by atoms with van der Waals surface area (Å²) in [5, 5.41) is 5.99. The molecule has 1 heterocycles. The standard InChI is InChI=1S/C12H14BrFN2O/c13-10-3-1-2-9(11(10)14)12(17)16-7-8-4-5-15-6-8/h1-3,8,15H,4-7H2,(H,16,17). The third-order valence-electron chi connectivity index (χ3n) is 2.91. The van der Waals surface area contributed by atoms with Gasteiger partial charge in [-0.1, -0.05) is 6.07 Å². The zero-order chi connectivity index (χ0) is 12.3. The number of hydrogen-bond donors (Lipinski definition) is 2. The Morgan fingerprint density at radius 3 is 3.12 bits per heavy atom. The number of nitrogens with one attached hydrogen (secondary N) is 2. The molecular formula is C12H14BrFN2O. The summed E-state index contributed by atoms with van der Waals surface area (Å²) in [6.45, 7) is 2.50. The molecule has 0 aromatic heterocycles. The maximum absolute atomic E-state index is 13.6. The summed E-state index contributed by atoms with van der Waals surface area (Å²) in [7, 11) is 0. The maximum Gasteiger partial charge on any atom is 0.254 e. The lowest BCUT2D eigenvalue weighted by Gasteiger charge is -2.10. The van der Waals surface area contributed by atoms with Crippen LogP contribution < -0.4 is 10.6 Å². The molecule has 0 bridgehead atoms. The van der Waals surface area contributed by atoms with Crippen molar-refractivity contribution in [3.63, 3.8) is 0 Å². The molecule has 1 saturated heterocycles. The van der Waals surface area contributed by atoms with Crippen LogP contribution in [0, 0.1) is 11.7 Å². The van der Waals surface area contributed by atoms with Gasteiger partial charge in [0.25, 0.3) is 5.91 Å². The van der Waals surface area contributed by atoms with E-state index in [9.17, 15) is 9.18 Å². The highest BCUT2D eigenvalue weighted by molar-refractivity contribution is 9.10. The lowest BCUT2D eigenvalue weighted by molar-refractivity contribution is 0.0944. The zero-order valence-corrected chi connectivity index (χ0v) is 10.9. The number of carbonyl (C=O) groups is 1. The fraction of sp³-hybridized carbons (Fsp3) is 0.417. The number of rotatable bonds is 3. The summed E-state index contributed by atoms with van der Waals surface area (Å²) >= 11 is 3.07. The topological polar surface area (TPSA) is 41.1 Å². The van der Waals surface area contributed by atoms with Gasteiger partial charge in [-0.25, -0.2) is 4.39 Å². The van der Waals surface area contributed by atoms with Crippen molar-refractivity contribution in [3.05, 3.63) is 34.1 Å². The molecule has 92 valence electrons. The van der Waals surface area contributed by atoms with Crippen LogP contribution in [0.3, 0.4) is 0 Å². The van der Waals surface area contributed by atoms with E-state index in [1.807, 2.05) is 0 Å². The van der Waals surface area contributed by atoms with Crippen molar-refractivity contribution in [2.75, 3.05) is 19.6 Å². The minimum Gasteiger partial charge on any atom is -0.352 e. The van der Waals surface area contributed by atoms with Crippen LogP contribution in [0.1, 0.15) is 16.8 Å². The van der Waals surface area contributed by atoms with Crippen molar-refractivity contribution in [2.24, 2.45) is 5.92 Å². The van der Waals surface area contributed by atoms with Gasteiger partial charge in [0, 0.05) is 6.54 Å². The second-order valence-electron chi connectivity index (χ2n) is 4.17. The molecule has 5 heteroatoms. The predicted molar refractivity (Wildman–Crippen MR) is 67.4 cm³/mol. The van der Waals surface area contributed by atoms with Crippen LogP contribution in [0.15, 0.2) is 22.7 Å². The molecule has 2 N–H and O–H groups in total. The minimum atomic E-state index is -0.505. The SMILES string of the molecule is O=C(NCC1CCNC1)c1cccc(Br)c1F. The first-order valence-electron chi connectivity index (χ1n) is 5.61. The number of amides is 1. The summed E-state index contributed by atoms with van der Waals surface area (Å²) in [5.74, 6) is -0.403. The number of hydrogen-bond acceptors (Lipinski definition) is 2. The maximum atomic E-state index is 13.6. The van der Waals surface area contributed by atoms with E-state index in [1.54, 1.807) is 12.1 Å². The molecule has 1 aromatic rings. The van der Waals surface area contributed by atoms with Gasteiger partial charge in [-0.3, -0.25) is 4.79 Å². The van der Waals surface area contributed by atoms with Crippen LogP contribution >= 0.6 is 15.9 Å². The van der Waals surface area contributed by atoms with Crippen LogP contribution in [0.25, 0.3) is 0 Å². The Bertz CT molecular complexity index is 419. The van der Waals surface area contributed by atoms with Crippen molar-refractivity contribution in [1.82, 2.24) is 10.6 Å². The Morgan fingerprint density at radius 1 is 1.59 bits per heavy atom. The summed E-state index contributed by atoms with van der Waals surface area (Å²) in [6.07, 6.45) is 1.06. The molecule has 17 heavy (non-hydrogen) atoms. The molecule has 1 aliphatic rings. The molecule has 0 spiro atoms. The van der Waals surface area contributed by atoms with Gasteiger partial charge in [0.2, 0.25) is 0 Å². The molecular weight excluding hydrogens is 287 g/mol. The van der Waals surface area contributed by atoms with Gasteiger partial charge in [0.1, 0.15) is 5.82 Å². The van der Waals surface area contributed by atoms with E-state index in [2.05, 4.69) is 26.6 Å². The van der Waals surface area contributed by atoms with E-state index in [0.29, 0.717) is 16.9 Å². The summed E-state index contributed by atoms with van der Waals surface area (Å²) < 4.78 is 13.9. The van der Waals surface area contributed by atoms with Crippen molar-refractivity contribution in [3.8, 4) is 0 Å². The molecule has 1 aromatic carbocycles. The first kappa shape index (κ1) is 12.5. The predicted octanol–water partition coefficient (Wildman–Crippen LogP) is 1.93. The molecule has 2 rings (SSSR count). The Morgan fingerprint density at radius 2 is 2.41 bits per heavy atom. The van der Waals surface area contributed by atoms with Gasteiger partial charge in [-0.2, -0.15) is 0 Å². The van der Waals surface area contributed by atoms with E-state index in [0.717, 1.165) is 19.5 Å². The van der Waals surface area contributed by atoms with Crippen LogP contribution in [0.5, 0.6) is 0 Å². The molecule has 1 amide bonds. The van der Waals surface area contributed by atoms with Gasteiger partial charge in [-0.05, 0) is 53.5 Å². The molecule has 0 aliphatic carbocycles. The van der Waals surface area contributed by atoms with Crippen molar-refractivity contribution in [1.29, 1.82) is 0 Å². The normalized spacial score (nSPS) is 19.3. The van der Waals surface area contributed by atoms with Gasteiger partial charge >= 0.3 is 0 Å². The van der Waals surface area contributed by atoms with Crippen LogP contribution in [0.4, 0.5) is 4.39 Å². The average molecular weight is 301 g/mol. The highest BCUT2D eigenvalue weighted by atomic mass is 79.9. The summed E-state index contributed by atoms with van der Waals surface area (Å²) in [6, 6.07) is 4.72. The fourth-order valence-corrected chi connectivity index (χ4v) is 2.27. The largest absolute Gasteiger partial charge is 0.352 e. The van der Waals surface area contributed by atoms with Crippen molar-refractivity contribution in [2.45, 2.75) is 6.42 Å². The minimum absolute atomic E-state index is 0.0883. The Hall–Kier alpha value is -0.940. The average Bonchev–Trinajstić information content (AvgIpc) is 2.82.